The summed E-state index contributed by atoms with van der Waals surface area (Å²) in [6.45, 7) is 0. The highest BCUT2D eigenvalue weighted by Gasteiger charge is 2.09. The van der Waals surface area contributed by atoms with Gasteiger partial charge < -0.3 is 10.4 Å². The minimum atomic E-state index is -0.405. The van der Waals surface area contributed by atoms with Crippen LogP contribution in [0.15, 0.2) is 42.9 Å². The van der Waals surface area contributed by atoms with E-state index in [1.807, 2.05) is 0 Å². The van der Waals surface area contributed by atoms with Gasteiger partial charge >= 0.3 is 0 Å². The van der Waals surface area contributed by atoms with Gasteiger partial charge in [-0.2, -0.15) is 15.4 Å². The maximum atomic E-state index is 11.8. The number of aromatic amines is 1. The molecule has 2 aromatic heterocycles. The fourth-order valence-corrected chi connectivity index (χ4v) is 1.69. The zero-order valence-electron chi connectivity index (χ0n) is 10.7. The molecule has 0 aliphatic rings. The smallest absolute Gasteiger partial charge is 0.277 e. The number of aromatic hydroxyl groups is 1. The number of phenols is 1. The third kappa shape index (κ3) is 2.84. The van der Waals surface area contributed by atoms with Crippen LogP contribution in [0.2, 0.25) is 0 Å². The van der Waals surface area contributed by atoms with Crippen LogP contribution in [0.1, 0.15) is 10.5 Å². The van der Waals surface area contributed by atoms with E-state index in [0.717, 1.165) is 0 Å². The Balaban J connectivity index is 1.77. The maximum absolute atomic E-state index is 11.8. The molecule has 0 fully saturated rings. The molecule has 2 heterocycles. The number of phenolic OH excluding ortho intramolecular Hbond substituents is 1. The number of anilines is 1. The van der Waals surface area contributed by atoms with Gasteiger partial charge in [0.2, 0.25) is 0 Å². The van der Waals surface area contributed by atoms with Crippen LogP contribution in [-0.2, 0) is 0 Å². The first-order chi connectivity index (χ1) is 10.2. The molecule has 0 bridgehead atoms. The number of rotatable bonds is 3. The fourth-order valence-electron chi connectivity index (χ4n) is 1.69. The average Bonchev–Trinajstić information content (AvgIpc) is 3.02. The fraction of sp³-hybridized carbons (Fsp3) is 0. The Labute approximate surface area is 118 Å². The van der Waals surface area contributed by atoms with Gasteiger partial charge in [-0.3, -0.25) is 4.79 Å². The van der Waals surface area contributed by atoms with E-state index >= 15 is 0 Å². The SMILES string of the molecule is O=C(Nc1cnc(-c2cccc(O)c2)nc1)c1cn[nH]n1. The lowest BCUT2D eigenvalue weighted by Gasteiger charge is -2.04. The van der Waals surface area contributed by atoms with Crippen LogP contribution < -0.4 is 5.32 Å². The molecular weight excluding hydrogens is 272 g/mol. The predicted octanol–water partition coefficient (Wildman–Crippen LogP) is 1.22. The molecule has 0 aliphatic carbocycles. The van der Waals surface area contributed by atoms with Gasteiger partial charge in [0.1, 0.15) is 5.75 Å². The third-order valence-corrected chi connectivity index (χ3v) is 2.66. The zero-order valence-corrected chi connectivity index (χ0v) is 10.7. The van der Waals surface area contributed by atoms with Gasteiger partial charge in [-0.05, 0) is 12.1 Å². The molecule has 0 atom stereocenters. The summed E-state index contributed by atoms with van der Waals surface area (Å²) in [7, 11) is 0. The van der Waals surface area contributed by atoms with Crippen LogP contribution in [0, 0.1) is 0 Å². The normalized spacial score (nSPS) is 10.3. The van der Waals surface area contributed by atoms with Crippen molar-refractivity contribution in [3.8, 4) is 17.1 Å². The van der Waals surface area contributed by atoms with Crippen molar-refractivity contribution in [2.75, 3.05) is 5.32 Å². The second kappa shape index (κ2) is 5.37. The van der Waals surface area contributed by atoms with Gasteiger partial charge in [0, 0.05) is 5.56 Å². The Morgan fingerprint density at radius 3 is 2.67 bits per heavy atom. The number of nitrogens with one attached hydrogen (secondary N) is 2. The highest BCUT2D eigenvalue weighted by atomic mass is 16.3. The number of aromatic nitrogens is 5. The minimum absolute atomic E-state index is 0.138. The molecule has 0 radical (unpaired) electrons. The van der Waals surface area contributed by atoms with Crippen molar-refractivity contribution >= 4 is 11.6 Å². The summed E-state index contributed by atoms with van der Waals surface area (Å²) in [5.74, 6) is 0.183. The van der Waals surface area contributed by atoms with Crippen LogP contribution >= 0.6 is 0 Å². The number of amides is 1. The quantitative estimate of drug-likeness (QED) is 0.665. The van der Waals surface area contributed by atoms with E-state index in [9.17, 15) is 9.90 Å². The largest absolute Gasteiger partial charge is 0.508 e. The van der Waals surface area contributed by atoms with Crippen LogP contribution in [0.5, 0.6) is 5.75 Å². The topological polar surface area (TPSA) is 117 Å². The van der Waals surface area contributed by atoms with Crippen LogP contribution in [0.25, 0.3) is 11.4 Å². The van der Waals surface area contributed by atoms with E-state index in [1.54, 1.807) is 24.3 Å². The number of H-pyrrole nitrogens is 1. The highest BCUT2D eigenvalue weighted by molar-refractivity contribution is 6.02. The van der Waals surface area contributed by atoms with Crippen LogP contribution in [0.3, 0.4) is 0 Å². The molecule has 1 aromatic carbocycles. The van der Waals surface area contributed by atoms with Crippen molar-refractivity contribution in [3.05, 3.63) is 48.5 Å². The molecule has 3 rings (SSSR count). The molecular formula is C13H10N6O2. The predicted molar refractivity (Wildman–Crippen MR) is 73.5 cm³/mol. The average molecular weight is 282 g/mol. The lowest BCUT2D eigenvalue weighted by Crippen LogP contribution is -2.12. The first-order valence-electron chi connectivity index (χ1n) is 6.01. The molecule has 8 heteroatoms. The van der Waals surface area contributed by atoms with Crippen molar-refractivity contribution < 1.29 is 9.90 Å². The minimum Gasteiger partial charge on any atom is -0.508 e. The van der Waals surface area contributed by atoms with Crippen molar-refractivity contribution in [2.24, 2.45) is 0 Å². The maximum Gasteiger partial charge on any atom is 0.277 e. The summed E-state index contributed by atoms with van der Waals surface area (Å²) in [6, 6.07) is 6.61. The molecule has 0 saturated carbocycles. The van der Waals surface area contributed by atoms with E-state index in [0.29, 0.717) is 17.1 Å². The van der Waals surface area contributed by atoms with E-state index in [-0.39, 0.29) is 11.4 Å². The molecule has 0 unspecified atom stereocenters. The standard InChI is InChI=1S/C13H10N6O2/c20-10-3-1-2-8(4-10)12-14-5-9(6-15-12)17-13(21)11-7-16-19-18-11/h1-7,20H,(H,17,21)(H,16,18,19). The Morgan fingerprint density at radius 2 is 2.00 bits per heavy atom. The number of nitrogens with zero attached hydrogens (tertiary/aromatic N) is 4. The van der Waals surface area contributed by atoms with E-state index in [1.165, 1.54) is 18.6 Å². The Kier molecular flexibility index (Phi) is 3.26. The van der Waals surface area contributed by atoms with E-state index in [4.69, 9.17) is 0 Å². The molecule has 3 aromatic rings. The second-order valence-electron chi connectivity index (χ2n) is 4.16. The summed E-state index contributed by atoms with van der Waals surface area (Å²) >= 11 is 0. The molecule has 0 aliphatic heterocycles. The molecule has 104 valence electrons. The number of carbonyl (C=O) groups excluding carboxylic acids is 1. The zero-order chi connectivity index (χ0) is 14.7. The number of hydrogen-bond donors (Lipinski definition) is 3. The van der Waals surface area contributed by atoms with Gasteiger partial charge in [-0.25, -0.2) is 9.97 Å². The van der Waals surface area contributed by atoms with Crippen molar-refractivity contribution in [1.29, 1.82) is 0 Å². The Hall–Kier alpha value is -3.29. The Bertz CT molecular complexity index is 755. The number of hydrogen-bond acceptors (Lipinski definition) is 6. The molecule has 0 saturated heterocycles. The van der Waals surface area contributed by atoms with Crippen molar-refractivity contribution in [2.45, 2.75) is 0 Å². The van der Waals surface area contributed by atoms with Gasteiger partial charge in [-0.1, -0.05) is 12.1 Å². The van der Waals surface area contributed by atoms with E-state index in [2.05, 4.69) is 30.7 Å². The first kappa shape index (κ1) is 12.7. The van der Waals surface area contributed by atoms with Crippen LogP contribution in [0.4, 0.5) is 5.69 Å². The lowest BCUT2D eigenvalue weighted by atomic mass is 10.2. The van der Waals surface area contributed by atoms with Gasteiger partial charge in [0.25, 0.3) is 5.91 Å². The van der Waals surface area contributed by atoms with Gasteiger partial charge in [0.05, 0.1) is 24.3 Å². The number of benzene rings is 1. The molecule has 21 heavy (non-hydrogen) atoms. The summed E-state index contributed by atoms with van der Waals surface area (Å²) in [5, 5.41) is 21.6. The van der Waals surface area contributed by atoms with Crippen molar-refractivity contribution in [3.63, 3.8) is 0 Å². The van der Waals surface area contributed by atoms with E-state index < -0.39 is 5.91 Å². The summed E-state index contributed by atoms with van der Waals surface area (Å²) in [4.78, 5) is 20.0. The van der Waals surface area contributed by atoms with Crippen LogP contribution in [-0.4, -0.2) is 36.4 Å². The second-order valence-corrected chi connectivity index (χ2v) is 4.16. The number of carbonyl (C=O) groups is 1. The summed E-state index contributed by atoms with van der Waals surface area (Å²) < 4.78 is 0. The highest BCUT2D eigenvalue weighted by Crippen LogP contribution is 2.20. The summed E-state index contributed by atoms with van der Waals surface area (Å²) in [6.07, 6.45) is 4.27. The summed E-state index contributed by atoms with van der Waals surface area (Å²) in [5.41, 5.74) is 1.29. The van der Waals surface area contributed by atoms with Gasteiger partial charge in [-0.15, -0.1) is 0 Å². The molecule has 8 nitrogen and oxygen atoms in total. The molecule has 3 N–H and O–H groups in total. The first-order valence-corrected chi connectivity index (χ1v) is 6.01. The molecule has 1 amide bonds. The van der Waals surface area contributed by atoms with Gasteiger partial charge in [0.15, 0.2) is 11.5 Å². The lowest BCUT2D eigenvalue weighted by molar-refractivity contribution is 0.102. The monoisotopic (exact) mass is 282 g/mol. The Morgan fingerprint density at radius 1 is 1.19 bits per heavy atom. The molecule has 0 spiro atoms. The van der Waals surface area contributed by atoms with Crippen molar-refractivity contribution in [1.82, 2.24) is 25.4 Å². The third-order valence-electron chi connectivity index (χ3n) is 2.66.